The molecule has 1 aliphatic rings. The number of ether oxygens (including phenoxy) is 1. The van der Waals surface area contributed by atoms with Gasteiger partial charge < -0.3 is 15.4 Å². The van der Waals surface area contributed by atoms with Crippen LogP contribution in [0.15, 0.2) is 24.3 Å². The van der Waals surface area contributed by atoms with Crippen LogP contribution in [0.2, 0.25) is 5.02 Å². The van der Waals surface area contributed by atoms with Gasteiger partial charge in [0.2, 0.25) is 11.8 Å². The molecule has 2 rings (SSSR count). The Bertz CT molecular complexity index is 918. The van der Waals surface area contributed by atoms with Gasteiger partial charge in [-0.1, -0.05) is 31.5 Å². The Morgan fingerprint density at radius 1 is 1.33 bits per heavy atom. The molecule has 0 aliphatic carbocycles. The number of benzene rings is 1. The van der Waals surface area contributed by atoms with E-state index >= 15 is 0 Å². The van der Waals surface area contributed by atoms with E-state index in [1.54, 1.807) is 0 Å². The van der Waals surface area contributed by atoms with Gasteiger partial charge in [0.25, 0.3) is 0 Å². The Morgan fingerprint density at radius 2 is 2.06 bits per heavy atom. The summed E-state index contributed by atoms with van der Waals surface area (Å²) >= 11 is 5.74. The van der Waals surface area contributed by atoms with Gasteiger partial charge in [0.1, 0.15) is 11.9 Å². The molecule has 0 radical (unpaired) electrons. The van der Waals surface area contributed by atoms with E-state index in [1.807, 2.05) is 13.8 Å². The Kier molecular flexibility index (Phi) is 10.0. The molecular weight excluding hydrogens is 451 g/mol. The van der Waals surface area contributed by atoms with Crippen LogP contribution in [0.5, 0.6) is 0 Å². The van der Waals surface area contributed by atoms with Crippen molar-refractivity contribution in [1.82, 2.24) is 10.6 Å². The maximum Gasteiger partial charge on any atom is 0.328 e. The average Bonchev–Trinajstić information content (AvgIpc) is 3.15. The van der Waals surface area contributed by atoms with Crippen LogP contribution >= 0.6 is 11.6 Å². The van der Waals surface area contributed by atoms with Gasteiger partial charge in [-0.3, -0.25) is 14.4 Å². The van der Waals surface area contributed by atoms with Crippen LogP contribution in [0.1, 0.15) is 45.1 Å². The molecule has 7 nitrogen and oxygen atoms in total. The van der Waals surface area contributed by atoms with Crippen molar-refractivity contribution in [1.29, 1.82) is 0 Å². The first-order valence-corrected chi connectivity index (χ1v) is 11.3. The van der Waals surface area contributed by atoms with E-state index in [0.29, 0.717) is 19.4 Å². The average molecular weight is 481 g/mol. The SMILES string of the molecule is COC(=O)[C@H](C[C@@H]1CCNC1=O)NC(=O)[C@@H](CC(=O)/C=C/c1ccc(Cl)cc1F)CC(C)C. The molecule has 2 N–H and O–H groups in total. The number of carbonyl (C=O) groups is 4. The maximum atomic E-state index is 13.9. The monoisotopic (exact) mass is 480 g/mol. The molecule has 1 aliphatic heterocycles. The molecule has 0 spiro atoms. The predicted octanol–water partition coefficient (Wildman–Crippen LogP) is 3.30. The van der Waals surface area contributed by atoms with E-state index in [0.717, 1.165) is 6.07 Å². The van der Waals surface area contributed by atoms with Crippen molar-refractivity contribution in [2.24, 2.45) is 17.8 Å². The number of ketones is 1. The molecule has 3 atom stereocenters. The number of methoxy groups -OCH3 is 1. The van der Waals surface area contributed by atoms with E-state index in [-0.39, 0.29) is 41.0 Å². The van der Waals surface area contributed by atoms with Gasteiger partial charge in [0.05, 0.1) is 7.11 Å². The molecule has 1 saturated heterocycles. The second kappa shape index (κ2) is 12.5. The van der Waals surface area contributed by atoms with Crippen molar-refractivity contribution in [3.05, 3.63) is 40.7 Å². The second-order valence-electron chi connectivity index (χ2n) is 8.59. The van der Waals surface area contributed by atoms with Crippen molar-refractivity contribution in [2.75, 3.05) is 13.7 Å². The minimum Gasteiger partial charge on any atom is -0.467 e. The first-order valence-electron chi connectivity index (χ1n) is 10.9. The second-order valence-corrected chi connectivity index (χ2v) is 9.03. The fourth-order valence-electron chi connectivity index (χ4n) is 3.78. The highest BCUT2D eigenvalue weighted by molar-refractivity contribution is 6.30. The molecule has 1 fully saturated rings. The third kappa shape index (κ3) is 8.28. The molecule has 0 saturated carbocycles. The largest absolute Gasteiger partial charge is 0.467 e. The molecule has 2 amide bonds. The fourth-order valence-corrected chi connectivity index (χ4v) is 3.94. The molecule has 180 valence electrons. The molecule has 1 aromatic rings. The third-order valence-electron chi connectivity index (χ3n) is 5.47. The minimum absolute atomic E-state index is 0.104. The van der Waals surface area contributed by atoms with Gasteiger partial charge in [-0.25, -0.2) is 9.18 Å². The van der Waals surface area contributed by atoms with Crippen molar-refractivity contribution in [3.8, 4) is 0 Å². The number of rotatable bonds is 11. The molecule has 1 heterocycles. The van der Waals surface area contributed by atoms with Crippen LogP contribution in [0.25, 0.3) is 6.08 Å². The summed E-state index contributed by atoms with van der Waals surface area (Å²) in [4.78, 5) is 49.7. The van der Waals surface area contributed by atoms with Crippen molar-refractivity contribution in [2.45, 2.75) is 45.6 Å². The molecular formula is C24H30ClFN2O5. The number of hydrogen-bond acceptors (Lipinski definition) is 5. The fraction of sp³-hybridized carbons (Fsp3) is 0.500. The standard InChI is InChI=1S/C24H30ClFN2O5/c1-14(2)10-17(11-19(29)7-5-15-4-6-18(25)13-20(15)26)23(31)28-21(24(32)33-3)12-16-8-9-27-22(16)30/h4-7,13-14,16-17,21H,8-12H2,1-3H3,(H,27,30)(H,28,31)/b7-5+/t16-,17+,21-/m0/s1. The first kappa shape index (κ1) is 26.5. The summed E-state index contributed by atoms with van der Waals surface area (Å²) in [5, 5.41) is 5.63. The topological polar surface area (TPSA) is 102 Å². The number of nitrogens with one attached hydrogen (secondary N) is 2. The lowest BCUT2D eigenvalue weighted by Crippen LogP contribution is -2.46. The van der Waals surface area contributed by atoms with Gasteiger partial charge in [-0.15, -0.1) is 0 Å². The highest BCUT2D eigenvalue weighted by atomic mass is 35.5. The van der Waals surface area contributed by atoms with E-state index in [9.17, 15) is 23.6 Å². The van der Waals surface area contributed by atoms with Crippen LogP contribution in [0, 0.1) is 23.6 Å². The normalized spacial score (nSPS) is 17.6. The van der Waals surface area contributed by atoms with Gasteiger partial charge in [-0.05, 0) is 49.5 Å². The smallest absolute Gasteiger partial charge is 0.328 e. The van der Waals surface area contributed by atoms with E-state index < -0.39 is 35.6 Å². The zero-order valence-corrected chi connectivity index (χ0v) is 19.8. The molecule has 1 aromatic carbocycles. The summed E-state index contributed by atoms with van der Waals surface area (Å²) in [6.07, 6.45) is 3.58. The summed E-state index contributed by atoms with van der Waals surface area (Å²) in [5.41, 5.74) is 0.207. The molecule has 0 unspecified atom stereocenters. The number of amides is 2. The van der Waals surface area contributed by atoms with Crippen LogP contribution in [0.3, 0.4) is 0 Å². The zero-order chi connectivity index (χ0) is 24.5. The Labute approximate surface area is 198 Å². The molecule has 33 heavy (non-hydrogen) atoms. The number of carbonyl (C=O) groups excluding carboxylic acids is 4. The Morgan fingerprint density at radius 3 is 2.64 bits per heavy atom. The van der Waals surface area contributed by atoms with Gasteiger partial charge in [0.15, 0.2) is 5.78 Å². The van der Waals surface area contributed by atoms with Crippen LogP contribution < -0.4 is 10.6 Å². The summed E-state index contributed by atoms with van der Waals surface area (Å²) in [6, 6.07) is 3.14. The highest BCUT2D eigenvalue weighted by Gasteiger charge is 2.33. The summed E-state index contributed by atoms with van der Waals surface area (Å²) in [5.74, 6) is -3.14. The van der Waals surface area contributed by atoms with Crippen molar-refractivity contribution in [3.63, 3.8) is 0 Å². The molecule has 9 heteroatoms. The van der Waals surface area contributed by atoms with Crippen LogP contribution in [0.4, 0.5) is 4.39 Å². The van der Waals surface area contributed by atoms with E-state index in [2.05, 4.69) is 10.6 Å². The van der Waals surface area contributed by atoms with Crippen LogP contribution in [-0.4, -0.2) is 43.3 Å². The third-order valence-corrected chi connectivity index (χ3v) is 5.71. The van der Waals surface area contributed by atoms with Crippen molar-refractivity contribution >= 4 is 41.2 Å². The van der Waals surface area contributed by atoms with E-state index in [1.165, 1.54) is 31.4 Å². The molecule has 0 bridgehead atoms. The number of hydrogen-bond donors (Lipinski definition) is 2. The Hall–Kier alpha value is -2.74. The Balaban J connectivity index is 2.08. The lowest BCUT2D eigenvalue weighted by atomic mass is 9.90. The summed E-state index contributed by atoms with van der Waals surface area (Å²) in [7, 11) is 1.21. The summed E-state index contributed by atoms with van der Waals surface area (Å²) in [6.45, 7) is 4.37. The number of esters is 1. The van der Waals surface area contributed by atoms with Crippen molar-refractivity contribution < 1.29 is 28.3 Å². The van der Waals surface area contributed by atoms with Gasteiger partial charge in [-0.2, -0.15) is 0 Å². The van der Waals surface area contributed by atoms with Gasteiger partial charge in [0, 0.05) is 35.4 Å². The lowest BCUT2D eigenvalue weighted by molar-refractivity contribution is -0.146. The summed E-state index contributed by atoms with van der Waals surface area (Å²) < 4.78 is 18.7. The molecule has 0 aromatic heterocycles. The quantitative estimate of drug-likeness (QED) is 0.374. The van der Waals surface area contributed by atoms with Gasteiger partial charge >= 0.3 is 5.97 Å². The first-order chi connectivity index (χ1) is 15.6. The zero-order valence-electron chi connectivity index (χ0n) is 19.0. The lowest BCUT2D eigenvalue weighted by Gasteiger charge is -2.23. The number of allylic oxidation sites excluding steroid dienone is 1. The highest BCUT2D eigenvalue weighted by Crippen LogP contribution is 2.21. The van der Waals surface area contributed by atoms with E-state index in [4.69, 9.17) is 16.3 Å². The minimum atomic E-state index is -0.986. The predicted molar refractivity (Wildman–Crippen MR) is 123 cm³/mol. The number of halogens is 2. The maximum absolute atomic E-state index is 13.9. The van der Waals surface area contributed by atoms with Crippen LogP contribution in [-0.2, 0) is 23.9 Å².